The molecule has 0 saturated carbocycles. The number of anilines is 3. The van der Waals surface area contributed by atoms with Gasteiger partial charge in [0.25, 0.3) is 0 Å². The summed E-state index contributed by atoms with van der Waals surface area (Å²) in [6.07, 6.45) is -5.77. The number of nitrogens with zero attached hydrogens (tertiary/aromatic N) is 6. The Hall–Kier alpha value is -2.20. The van der Waals surface area contributed by atoms with Crippen molar-refractivity contribution in [2.45, 2.75) is 24.4 Å². The zero-order chi connectivity index (χ0) is 22.2. The topological polar surface area (TPSA) is 189 Å². The average molecular weight is 443 g/mol. The van der Waals surface area contributed by atoms with Crippen molar-refractivity contribution in [2.75, 3.05) is 74.4 Å². The normalized spacial score (nSPS) is 21.7. The van der Waals surface area contributed by atoms with Crippen LogP contribution in [0.2, 0.25) is 0 Å². The highest BCUT2D eigenvalue weighted by molar-refractivity contribution is 5.64. The lowest BCUT2D eigenvalue weighted by Gasteiger charge is -2.30. The van der Waals surface area contributed by atoms with E-state index in [1.807, 2.05) is 9.80 Å². The molecule has 2 fully saturated rings. The number of nitrogens with one attached hydrogen (secondary N) is 1. The number of ether oxygens (including phenoxy) is 2. The average Bonchev–Trinajstić information content (AvgIpc) is 2.83. The fourth-order valence-electron chi connectivity index (χ4n) is 3.01. The van der Waals surface area contributed by atoms with E-state index in [-0.39, 0.29) is 5.95 Å². The molecule has 6 N–H and O–H groups in total. The van der Waals surface area contributed by atoms with Crippen LogP contribution in [0, 0.1) is 0 Å². The van der Waals surface area contributed by atoms with Crippen LogP contribution in [0.3, 0.4) is 0 Å². The van der Waals surface area contributed by atoms with Gasteiger partial charge in [0.05, 0.1) is 39.2 Å². The van der Waals surface area contributed by atoms with Crippen molar-refractivity contribution in [3.05, 3.63) is 0 Å². The van der Waals surface area contributed by atoms with Crippen LogP contribution in [0.15, 0.2) is 5.10 Å². The lowest BCUT2D eigenvalue weighted by atomic mass is 10.0. The smallest absolute Gasteiger partial charge is 0.250 e. The number of rotatable bonds is 9. The molecule has 4 atom stereocenters. The first-order valence-electron chi connectivity index (χ1n) is 10.0. The standard InChI is InChI=1S/C17H29N7O7/c25-10-12(27)14(29)13(28)11(26)9-18-22-15-19-16(23-1-5-30-6-2-23)21-17(20-15)24-3-7-31-8-4-24/h9,11-14,25-29H,1-8,10H2,(H,19,20,21,22)/b18-9-/t11-,12-,13+,14-/m1/s1. The van der Waals surface area contributed by atoms with Gasteiger partial charge in [-0.1, -0.05) is 0 Å². The van der Waals surface area contributed by atoms with E-state index < -0.39 is 31.0 Å². The Morgan fingerprint density at radius 1 is 0.871 bits per heavy atom. The Balaban J connectivity index is 1.72. The van der Waals surface area contributed by atoms with Crippen molar-refractivity contribution in [3.8, 4) is 0 Å². The van der Waals surface area contributed by atoms with E-state index in [4.69, 9.17) is 14.6 Å². The molecular formula is C17H29N7O7. The van der Waals surface area contributed by atoms with E-state index >= 15 is 0 Å². The van der Waals surface area contributed by atoms with Gasteiger partial charge in [0.15, 0.2) is 0 Å². The van der Waals surface area contributed by atoms with Crippen LogP contribution >= 0.6 is 0 Å². The summed E-state index contributed by atoms with van der Waals surface area (Å²) in [6, 6.07) is 0. The lowest BCUT2D eigenvalue weighted by molar-refractivity contribution is -0.0999. The first-order valence-corrected chi connectivity index (χ1v) is 10.0. The molecule has 2 saturated heterocycles. The molecule has 3 rings (SSSR count). The number of aliphatic hydroxyl groups excluding tert-OH is 5. The zero-order valence-electron chi connectivity index (χ0n) is 17.0. The third kappa shape index (κ3) is 6.39. The van der Waals surface area contributed by atoms with Crippen LogP contribution < -0.4 is 15.2 Å². The summed E-state index contributed by atoms with van der Waals surface area (Å²) in [4.78, 5) is 17.2. The minimum Gasteiger partial charge on any atom is -0.394 e. The minimum absolute atomic E-state index is 0.131. The molecule has 0 unspecified atom stereocenters. The number of hydrogen-bond acceptors (Lipinski definition) is 14. The van der Waals surface area contributed by atoms with E-state index in [1.165, 1.54) is 0 Å². The molecule has 14 heteroatoms. The number of aliphatic hydroxyl groups is 5. The molecule has 0 bridgehead atoms. The van der Waals surface area contributed by atoms with Crippen LogP contribution in [0.1, 0.15) is 0 Å². The van der Waals surface area contributed by atoms with Gasteiger partial charge in [-0.15, -0.1) is 0 Å². The lowest BCUT2D eigenvalue weighted by Crippen LogP contribution is -2.46. The van der Waals surface area contributed by atoms with Crippen LogP contribution in [0.4, 0.5) is 17.8 Å². The molecule has 1 aromatic heterocycles. The van der Waals surface area contributed by atoms with Crippen molar-refractivity contribution in [1.82, 2.24) is 15.0 Å². The summed E-state index contributed by atoms with van der Waals surface area (Å²) in [5, 5.41) is 51.5. The van der Waals surface area contributed by atoms with Gasteiger partial charge in [0.1, 0.15) is 24.4 Å². The number of hydrazone groups is 1. The summed E-state index contributed by atoms with van der Waals surface area (Å²) in [7, 11) is 0. The molecule has 14 nitrogen and oxygen atoms in total. The maximum absolute atomic E-state index is 9.94. The van der Waals surface area contributed by atoms with Gasteiger partial charge in [-0.3, -0.25) is 0 Å². The second kappa shape index (κ2) is 11.4. The van der Waals surface area contributed by atoms with Crippen LogP contribution in [0.25, 0.3) is 0 Å². The van der Waals surface area contributed by atoms with E-state index in [0.717, 1.165) is 6.21 Å². The van der Waals surface area contributed by atoms with Gasteiger partial charge in [0.2, 0.25) is 17.8 Å². The molecule has 0 radical (unpaired) electrons. The molecule has 1 aromatic rings. The third-order valence-corrected chi connectivity index (χ3v) is 4.87. The second-order valence-corrected chi connectivity index (χ2v) is 7.07. The molecule has 0 aromatic carbocycles. The maximum Gasteiger partial charge on any atom is 0.250 e. The Morgan fingerprint density at radius 3 is 1.87 bits per heavy atom. The Bertz CT molecular complexity index is 680. The Kier molecular flexibility index (Phi) is 8.65. The number of aromatic nitrogens is 3. The van der Waals surface area contributed by atoms with Gasteiger partial charge in [-0.25, -0.2) is 5.43 Å². The molecular weight excluding hydrogens is 414 g/mol. The molecule has 2 aliphatic heterocycles. The zero-order valence-corrected chi connectivity index (χ0v) is 17.0. The van der Waals surface area contributed by atoms with Gasteiger partial charge in [0, 0.05) is 26.2 Å². The van der Waals surface area contributed by atoms with Gasteiger partial charge >= 0.3 is 0 Å². The molecule has 0 aliphatic carbocycles. The largest absolute Gasteiger partial charge is 0.394 e. The first kappa shape index (κ1) is 23.5. The highest BCUT2D eigenvalue weighted by Crippen LogP contribution is 2.18. The predicted octanol–water partition coefficient (Wildman–Crippen LogP) is -3.62. The monoisotopic (exact) mass is 443 g/mol. The maximum atomic E-state index is 9.94. The molecule has 3 heterocycles. The van der Waals surface area contributed by atoms with E-state index in [9.17, 15) is 20.4 Å². The van der Waals surface area contributed by atoms with Crippen molar-refractivity contribution in [1.29, 1.82) is 0 Å². The highest BCUT2D eigenvalue weighted by atomic mass is 16.5. The number of morpholine rings is 2. The summed E-state index contributed by atoms with van der Waals surface area (Å²) in [5.41, 5.74) is 2.60. The summed E-state index contributed by atoms with van der Waals surface area (Å²) < 4.78 is 10.7. The molecule has 2 aliphatic rings. The molecule has 0 spiro atoms. The predicted molar refractivity (Wildman–Crippen MR) is 109 cm³/mol. The number of hydrogen-bond donors (Lipinski definition) is 6. The third-order valence-electron chi connectivity index (χ3n) is 4.87. The van der Waals surface area contributed by atoms with Crippen molar-refractivity contribution in [3.63, 3.8) is 0 Å². The SMILES string of the molecule is OC[C@@H](O)[C@@H](O)[C@@H](O)[C@H](O)/C=N\Nc1nc(N2CCOCC2)nc(N2CCOCC2)n1. The summed E-state index contributed by atoms with van der Waals surface area (Å²) in [5.74, 6) is 1.05. The Morgan fingerprint density at radius 2 is 1.39 bits per heavy atom. The van der Waals surface area contributed by atoms with E-state index in [0.29, 0.717) is 64.5 Å². The fourth-order valence-corrected chi connectivity index (χ4v) is 3.01. The summed E-state index contributed by atoms with van der Waals surface area (Å²) >= 11 is 0. The van der Waals surface area contributed by atoms with Crippen molar-refractivity contribution in [2.24, 2.45) is 5.10 Å². The van der Waals surface area contributed by atoms with Crippen molar-refractivity contribution >= 4 is 24.1 Å². The molecule has 31 heavy (non-hydrogen) atoms. The molecule has 0 amide bonds. The quantitative estimate of drug-likeness (QED) is 0.162. The van der Waals surface area contributed by atoms with E-state index in [1.54, 1.807) is 0 Å². The van der Waals surface area contributed by atoms with Gasteiger partial charge < -0.3 is 44.8 Å². The van der Waals surface area contributed by atoms with Gasteiger partial charge in [-0.2, -0.15) is 20.1 Å². The van der Waals surface area contributed by atoms with Crippen molar-refractivity contribution < 1.29 is 35.0 Å². The van der Waals surface area contributed by atoms with Crippen LogP contribution in [-0.4, -0.2) is 130 Å². The second-order valence-electron chi connectivity index (χ2n) is 7.07. The minimum atomic E-state index is -1.75. The fraction of sp³-hybridized carbons (Fsp3) is 0.765. The summed E-state index contributed by atoms with van der Waals surface area (Å²) in [6.45, 7) is 4.00. The van der Waals surface area contributed by atoms with Gasteiger partial charge in [-0.05, 0) is 0 Å². The van der Waals surface area contributed by atoms with Crippen LogP contribution in [0.5, 0.6) is 0 Å². The molecule has 174 valence electrons. The Labute approximate surface area is 178 Å². The van der Waals surface area contributed by atoms with Crippen LogP contribution in [-0.2, 0) is 9.47 Å². The van der Waals surface area contributed by atoms with E-state index in [2.05, 4.69) is 25.5 Å². The first-order chi connectivity index (χ1) is 15.0. The highest BCUT2D eigenvalue weighted by Gasteiger charge is 2.29.